The molecule has 1 heterocycles. The Morgan fingerprint density at radius 3 is 2.59 bits per heavy atom. The highest BCUT2D eigenvalue weighted by Gasteiger charge is 2.30. The molecule has 2 amide bonds. The molecule has 0 saturated carbocycles. The molecule has 5 heteroatoms. The third kappa shape index (κ3) is 3.43. The van der Waals surface area contributed by atoms with Gasteiger partial charge in [0.2, 0.25) is 11.8 Å². The maximum atomic E-state index is 11.6. The molecule has 0 aromatic rings. The van der Waals surface area contributed by atoms with Crippen molar-refractivity contribution < 1.29 is 9.59 Å². The van der Waals surface area contributed by atoms with Crippen LogP contribution < -0.4 is 5.73 Å². The van der Waals surface area contributed by atoms with E-state index in [9.17, 15) is 9.59 Å². The molecule has 2 N–H and O–H groups in total. The minimum atomic E-state index is -0.0141. The van der Waals surface area contributed by atoms with Gasteiger partial charge in [-0.05, 0) is 26.7 Å². The van der Waals surface area contributed by atoms with Crippen LogP contribution in [0.5, 0.6) is 0 Å². The molecule has 1 rings (SSSR count). The Morgan fingerprint density at radius 2 is 2.12 bits per heavy atom. The average molecular weight is 241 g/mol. The summed E-state index contributed by atoms with van der Waals surface area (Å²) >= 11 is 0. The first-order valence-corrected chi connectivity index (χ1v) is 6.24. The van der Waals surface area contributed by atoms with Gasteiger partial charge >= 0.3 is 0 Å². The van der Waals surface area contributed by atoms with Crippen molar-refractivity contribution in [2.24, 2.45) is 5.73 Å². The van der Waals surface area contributed by atoms with Gasteiger partial charge in [-0.2, -0.15) is 0 Å². The van der Waals surface area contributed by atoms with E-state index in [-0.39, 0.29) is 30.4 Å². The van der Waals surface area contributed by atoms with Crippen molar-refractivity contribution in [1.29, 1.82) is 0 Å². The van der Waals surface area contributed by atoms with Gasteiger partial charge in [-0.15, -0.1) is 0 Å². The maximum absolute atomic E-state index is 11.6. The molecule has 1 aliphatic heterocycles. The molecule has 1 fully saturated rings. The van der Waals surface area contributed by atoms with E-state index < -0.39 is 0 Å². The third-order valence-electron chi connectivity index (χ3n) is 3.31. The van der Waals surface area contributed by atoms with Gasteiger partial charge in [-0.1, -0.05) is 0 Å². The summed E-state index contributed by atoms with van der Waals surface area (Å²) in [5, 5.41) is 0. The molecular weight excluding hydrogens is 218 g/mol. The van der Waals surface area contributed by atoms with Crippen molar-refractivity contribution in [3.05, 3.63) is 0 Å². The highest BCUT2D eigenvalue weighted by molar-refractivity contribution is 5.79. The molecule has 0 bridgehead atoms. The Morgan fingerprint density at radius 1 is 1.47 bits per heavy atom. The summed E-state index contributed by atoms with van der Waals surface area (Å²) in [6.45, 7) is 7.00. The molecule has 98 valence electrons. The molecule has 0 unspecified atom stereocenters. The third-order valence-corrected chi connectivity index (χ3v) is 3.31. The van der Waals surface area contributed by atoms with E-state index in [1.54, 1.807) is 6.92 Å². The first-order valence-electron chi connectivity index (χ1n) is 6.24. The minimum absolute atomic E-state index is 0.0141. The van der Waals surface area contributed by atoms with E-state index in [2.05, 4.69) is 0 Å². The Balaban J connectivity index is 2.65. The zero-order valence-electron chi connectivity index (χ0n) is 11.0. The standard InChI is InChI=1S/C12H23N3O2/c1-9(2)15(10(3)16)8-11-5-4-6-14(11)12(17)7-13/h9,11H,4-8,13H2,1-3H3/t11-/m1/s1. The van der Waals surface area contributed by atoms with Crippen molar-refractivity contribution in [3.8, 4) is 0 Å². The van der Waals surface area contributed by atoms with Crippen LogP contribution in [0.2, 0.25) is 0 Å². The van der Waals surface area contributed by atoms with E-state index in [1.165, 1.54) is 0 Å². The SMILES string of the molecule is CC(=O)N(C[C@H]1CCCN1C(=O)CN)C(C)C. The predicted octanol–water partition coefficient (Wildman–Crippen LogP) is 0.193. The molecule has 0 aliphatic carbocycles. The van der Waals surface area contributed by atoms with E-state index in [1.807, 2.05) is 23.6 Å². The Labute approximate surface area is 103 Å². The lowest BCUT2D eigenvalue weighted by Gasteiger charge is -2.32. The lowest BCUT2D eigenvalue weighted by atomic mass is 10.1. The summed E-state index contributed by atoms with van der Waals surface area (Å²) in [5.74, 6) is 0.0480. The molecule has 17 heavy (non-hydrogen) atoms. The van der Waals surface area contributed by atoms with Crippen LogP contribution in [0.3, 0.4) is 0 Å². The topological polar surface area (TPSA) is 66.6 Å². The molecule has 5 nitrogen and oxygen atoms in total. The van der Waals surface area contributed by atoms with Crippen LogP contribution in [0.25, 0.3) is 0 Å². The highest BCUT2D eigenvalue weighted by Crippen LogP contribution is 2.19. The van der Waals surface area contributed by atoms with Crippen LogP contribution in [0, 0.1) is 0 Å². The molecule has 1 saturated heterocycles. The number of likely N-dealkylation sites (tertiary alicyclic amines) is 1. The summed E-state index contributed by atoms with van der Waals surface area (Å²) in [4.78, 5) is 26.8. The number of rotatable bonds is 4. The van der Waals surface area contributed by atoms with Crippen molar-refractivity contribution >= 4 is 11.8 Å². The normalized spacial score (nSPS) is 19.8. The summed E-state index contributed by atoms with van der Waals surface area (Å²) in [5.41, 5.74) is 5.39. The van der Waals surface area contributed by atoms with Gasteiger partial charge in [0.15, 0.2) is 0 Å². The monoisotopic (exact) mass is 241 g/mol. The van der Waals surface area contributed by atoms with Crippen LogP contribution in [0.15, 0.2) is 0 Å². The van der Waals surface area contributed by atoms with Crippen molar-refractivity contribution in [2.45, 2.75) is 45.7 Å². The summed E-state index contributed by atoms with van der Waals surface area (Å²) in [7, 11) is 0. The summed E-state index contributed by atoms with van der Waals surface area (Å²) in [6, 6.07) is 0.306. The summed E-state index contributed by atoms with van der Waals surface area (Å²) < 4.78 is 0. The van der Waals surface area contributed by atoms with Crippen molar-refractivity contribution in [1.82, 2.24) is 9.80 Å². The highest BCUT2D eigenvalue weighted by atomic mass is 16.2. The van der Waals surface area contributed by atoms with Gasteiger partial charge in [0.25, 0.3) is 0 Å². The van der Waals surface area contributed by atoms with E-state index in [0.29, 0.717) is 6.54 Å². The fourth-order valence-corrected chi connectivity index (χ4v) is 2.40. The zero-order chi connectivity index (χ0) is 13.0. The molecular formula is C12H23N3O2. The lowest BCUT2D eigenvalue weighted by Crippen LogP contribution is -2.48. The summed E-state index contributed by atoms with van der Waals surface area (Å²) in [6.07, 6.45) is 1.96. The van der Waals surface area contributed by atoms with Gasteiger partial charge in [-0.25, -0.2) is 0 Å². The Bertz CT molecular complexity index is 291. The first kappa shape index (κ1) is 14.0. The van der Waals surface area contributed by atoms with Crippen molar-refractivity contribution in [2.75, 3.05) is 19.6 Å². The fraction of sp³-hybridized carbons (Fsp3) is 0.833. The second kappa shape index (κ2) is 6.00. The zero-order valence-corrected chi connectivity index (χ0v) is 11.0. The number of hydrogen-bond acceptors (Lipinski definition) is 3. The van der Waals surface area contributed by atoms with Gasteiger partial charge in [0, 0.05) is 32.1 Å². The van der Waals surface area contributed by atoms with Gasteiger partial charge < -0.3 is 15.5 Å². The first-order chi connectivity index (χ1) is 7.97. The number of nitrogens with zero attached hydrogens (tertiary/aromatic N) is 2. The largest absolute Gasteiger partial charge is 0.338 e. The van der Waals surface area contributed by atoms with Crippen LogP contribution in [-0.2, 0) is 9.59 Å². The molecule has 0 spiro atoms. The average Bonchev–Trinajstić information content (AvgIpc) is 2.71. The number of amides is 2. The second-order valence-electron chi connectivity index (χ2n) is 4.85. The predicted molar refractivity (Wildman–Crippen MR) is 66.3 cm³/mol. The van der Waals surface area contributed by atoms with Gasteiger partial charge in [0.05, 0.1) is 6.54 Å². The fourth-order valence-electron chi connectivity index (χ4n) is 2.40. The second-order valence-corrected chi connectivity index (χ2v) is 4.85. The van der Waals surface area contributed by atoms with E-state index in [0.717, 1.165) is 19.4 Å². The Kier molecular flexibility index (Phi) is 4.93. The van der Waals surface area contributed by atoms with Crippen LogP contribution in [-0.4, -0.2) is 53.3 Å². The number of nitrogens with two attached hydrogens (primary N) is 1. The van der Waals surface area contributed by atoms with E-state index >= 15 is 0 Å². The molecule has 0 aromatic carbocycles. The smallest absolute Gasteiger partial charge is 0.236 e. The maximum Gasteiger partial charge on any atom is 0.236 e. The molecule has 0 radical (unpaired) electrons. The van der Waals surface area contributed by atoms with E-state index in [4.69, 9.17) is 5.73 Å². The van der Waals surface area contributed by atoms with Crippen molar-refractivity contribution in [3.63, 3.8) is 0 Å². The quantitative estimate of drug-likeness (QED) is 0.764. The number of carbonyl (C=O) groups excluding carboxylic acids is 2. The lowest BCUT2D eigenvalue weighted by molar-refractivity contribution is -0.135. The van der Waals surface area contributed by atoms with Gasteiger partial charge in [-0.3, -0.25) is 9.59 Å². The number of hydrogen-bond donors (Lipinski definition) is 1. The molecule has 1 atom stereocenters. The number of carbonyl (C=O) groups is 2. The minimum Gasteiger partial charge on any atom is -0.338 e. The molecule has 1 aliphatic rings. The van der Waals surface area contributed by atoms with Crippen LogP contribution in [0.1, 0.15) is 33.6 Å². The molecule has 0 aromatic heterocycles. The van der Waals surface area contributed by atoms with Gasteiger partial charge in [0.1, 0.15) is 0 Å². The Hall–Kier alpha value is -1.10. The van der Waals surface area contributed by atoms with Crippen LogP contribution in [0.4, 0.5) is 0 Å². The van der Waals surface area contributed by atoms with Crippen LogP contribution >= 0.6 is 0 Å².